The van der Waals surface area contributed by atoms with E-state index in [0.717, 1.165) is 22.4 Å². The molecule has 2 aromatic carbocycles. The molecule has 0 saturated carbocycles. The molecule has 20 heavy (non-hydrogen) atoms. The second kappa shape index (κ2) is 5.19. The summed E-state index contributed by atoms with van der Waals surface area (Å²) in [6.45, 7) is 0. The fraction of sp³-hybridized carbons (Fsp3) is 0.125. The number of ketones is 1. The minimum absolute atomic E-state index is 0.120. The Bertz CT molecular complexity index is 695. The fourth-order valence-electron chi connectivity index (χ4n) is 2.35. The highest BCUT2D eigenvalue weighted by Crippen LogP contribution is 2.26. The Morgan fingerprint density at radius 2 is 1.85 bits per heavy atom. The van der Waals surface area contributed by atoms with E-state index in [2.05, 4.69) is 4.99 Å². The molecule has 4 heteroatoms. The molecule has 0 spiro atoms. The molecule has 0 fully saturated rings. The van der Waals surface area contributed by atoms with Gasteiger partial charge in [-0.3, -0.25) is 9.79 Å². The lowest BCUT2D eigenvalue weighted by Crippen LogP contribution is -2.29. The summed E-state index contributed by atoms with van der Waals surface area (Å²) in [4.78, 5) is 16.4. The third-order valence-electron chi connectivity index (χ3n) is 3.37. The van der Waals surface area contributed by atoms with Crippen LogP contribution in [0.4, 0.5) is 0 Å². The van der Waals surface area contributed by atoms with Gasteiger partial charge in [-0.1, -0.05) is 54.1 Å². The maximum Gasteiger partial charge on any atom is 0.176 e. The summed E-state index contributed by atoms with van der Waals surface area (Å²) >= 11 is 6.23. The third kappa shape index (κ3) is 2.26. The molecule has 3 nitrogen and oxygen atoms in total. The molecule has 1 atom stereocenters. The predicted molar refractivity (Wildman–Crippen MR) is 80.2 cm³/mol. The molecule has 1 aliphatic heterocycles. The monoisotopic (exact) mass is 284 g/mol. The number of benzene rings is 2. The van der Waals surface area contributed by atoms with E-state index in [4.69, 9.17) is 17.3 Å². The van der Waals surface area contributed by atoms with Gasteiger partial charge in [0.25, 0.3) is 0 Å². The van der Waals surface area contributed by atoms with Gasteiger partial charge < -0.3 is 5.73 Å². The van der Waals surface area contributed by atoms with Gasteiger partial charge in [0.1, 0.15) is 0 Å². The fourth-order valence-corrected chi connectivity index (χ4v) is 2.59. The van der Waals surface area contributed by atoms with Crippen LogP contribution in [0.1, 0.15) is 16.7 Å². The molecule has 0 aliphatic carbocycles. The maximum atomic E-state index is 12.0. The summed E-state index contributed by atoms with van der Waals surface area (Å²) < 4.78 is 0. The molecule has 1 unspecified atom stereocenters. The number of Topliss-reactive ketones (excluding diaryl/α,β-unsaturated/α-hetero) is 1. The van der Waals surface area contributed by atoms with E-state index < -0.39 is 6.17 Å². The van der Waals surface area contributed by atoms with Crippen LogP contribution in [0, 0.1) is 0 Å². The van der Waals surface area contributed by atoms with Gasteiger partial charge in [0.2, 0.25) is 0 Å². The van der Waals surface area contributed by atoms with Crippen molar-refractivity contribution in [3.63, 3.8) is 0 Å². The van der Waals surface area contributed by atoms with Crippen molar-refractivity contribution in [2.45, 2.75) is 12.6 Å². The number of carbonyl (C=O) groups excluding carboxylic acids is 1. The number of rotatable bonds is 1. The first-order valence-electron chi connectivity index (χ1n) is 6.36. The molecule has 3 rings (SSSR count). The molecule has 1 aliphatic rings. The largest absolute Gasteiger partial charge is 0.303 e. The Morgan fingerprint density at radius 1 is 1.10 bits per heavy atom. The number of hydrogen-bond donors (Lipinski definition) is 1. The maximum absolute atomic E-state index is 12.0. The van der Waals surface area contributed by atoms with Crippen molar-refractivity contribution in [3.05, 3.63) is 70.2 Å². The van der Waals surface area contributed by atoms with E-state index in [1.165, 1.54) is 0 Å². The van der Waals surface area contributed by atoms with Crippen LogP contribution in [0.5, 0.6) is 0 Å². The lowest BCUT2D eigenvalue weighted by atomic mass is 9.96. The lowest BCUT2D eigenvalue weighted by molar-refractivity contribution is -0.119. The average molecular weight is 285 g/mol. The van der Waals surface area contributed by atoms with Gasteiger partial charge in [-0.25, -0.2) is 0 Å². The first-order valence-corrected chi connectivity index (χ1v) is 6.74. The molecule has 0 amide bonds. The second-order valence-corrected chi connectivity index (χ2v) is 5.10. The highest BCUT2D eigenvalue weighted by Gasteiger charge is 2.24. The van der Waals surface area contributed by atoms with Crippen LogP contribution in [-0.4, -0.2) is 17.7 Å². The molecule has 0 aromatic heterocycles. The average Bonchev–Trinajstić information content (AvgIpc) is 2.59. The molecule has 100 valence electrons. The van der Waals surface area contributed by atoms with Crippen LogP contribution in [0.15, 0.2) is 53.5 Å². The molecule has 0 bridgehead atoms. The standard InChI is InChI=1S/C16H13ClN2O/c17-13-8-4-7-11-12(13)9-14(20)16(18)19-15(11)10-5-2-1-3-6-10/h1-8,16H,9,18H2. The molecule has 0 saturated heterocycles. The van der Waals surface area contributed by atoms with E-state index in [-0.39, 0.29) is 12.2 Å². The zero-order valence-corrected chi connectivity index (χ0v) is 11.5. The molecule has 0 radical (unpaired) electrons. The van der Waals surface area contributed by atoms with Crippen LogP contribution < -0.4 is 5.73 Å². The number of halogens is 1. The minimum atomic E-state index is -0.839. The van der Waals surface area contributed by atoms with Crippen molar-refractivity contribution in [2.24, 2.45) is 10.7 Å². The Kier molecular flexibility index (Phi) is 3.38. The van der Waals surface area contributed by atoms with Crippen LogP contribution in [0.25, 0.3) is 0 Å². The molecular weight excluding hydrogens is 272 g/mol. The smallest absolute Gasteiger partial charge is 0.176 e. The minimum Gasteiger partial charge on any atom is -0.303 e. The summed E-state index contributed by atoms with van der Waals surface area (Å²) in [5.41, 5.74) is 9.19. The predicted octanol–water partition coefficient (Wildman–Crippen LogP) is 2.59. The number of nitrogens with two attached hydrogens (primary N) is 1. The van der Waals surface area contributed by atoms with E-state index >= 15 is 0 Å². The van der Waals surface area contributed by atoms with Gasteiger partial charge >= 0.3 is 0 Å². The summed E-state index contributed by atoms with van der Waals surface area (Å²) in [6, 6.07) is 15.3. The van der Waals surface area contributed by atoms with Crippen LogP contribution >= 0.6 is 11.6 Å². The Balaban J connectivity index is 2.25. The van der Waals surface area contributed by atoms with Crippen molar-refractivity contribution < 1.29 is 4.79 Å². The normalized spacial score (nSPS) is 18.2. The van der Waals surface area contributed by atoms with E-state index in [1.54, 1.807) is 6.07 Å². The van der Waals surface area contributed by atoms with Crippen molar-refractivity contribution in [1.82, 2.24) is 0 Å². The molecular formula is C16H13ClN2O. The van der Waals surface area contributed by atoms with Crippen LogP contribution in [0.2, 0.25) is 5.02 Å². The number of hydrogen-bond acceptors (Lipinski definition) is 3. The van der Waals surface area contributed by atoms with Gasteiger partial charge in [0.05, 0.1) is 5.71 Å². The zero-order valence-electron chi connectivity index (χ0n) is 10.7. The quantitative estimate of drug-likeness (QED) is 0.875. The molecule has 2 N–H and O–H groups in total. The number of aliphatic imine (C=N–C) groups is 1. The summed E-state index contributed by atoms with van der Waals surface area (Å²) in [6.07, 6.45) is -0.621. The topological polar surface area (TPSA) is 55.4 Å². The highest BCUT2D eigenvalue weighted by molar-refractivity contribution is 6.32. The number of fused-ring (bicyclic) bond motifs is 1. The number of carbonyl (C=O) groups is 1. The van der Waals surface area contributed by atoms with Gasteiger partial charge in [-0.05, 0) is 11.6 Å². The SMILES string of the molecule is NC1N=C(c2ccccc2)c2cccc(Cl)c2CC1=O. The van der Waals surface area contributed by atoms with Gasteiger partial charge in [0, 0.05) is 22.6 Å². The summed E-state index contributed by atoms with van der Waals surface area (Å²) in [7, 11) is 0. The second-order valence-electron chi connectivity index (χ2n) is 4.70. The van der Waals surface area contributed by atoms with Crippen molar-refractivity contribution in [3.8, 4) is 0 Å². The van der Waals surface area contributed by atoms with E-state index in [1.807, 2.05) is 42.5 Å². The van der Waals surface area contributed by atoms with Crippen LogP contribution in [0.3, 0.4) is 0 Å². The summed E-state index contributed by atoms with van der Waals surface area (Å²) in [5.74, 6) is -0.120. The van der Waals surface area contributed by atoms with Gasteiger partial charge in [-0.15, -0.1) is 0 Å². The van der Waals surface area contributed by atoms with Crippen molar-refractivity contribution in [1.29, 1.82) is 0 Å². The first-order chi connectivity index (χ1) is 9.66. The highest BCUT2D eigenvalue weighted by atomic mass is 35.5. The third-order valence-corrected chi connectivity index (χ3v) is 3.72. The van der Waals surface area contributed by atoms with E-state index in [9.17, 15) is 4.79 Å². The van der Waals surface area contributed by atoms with Crippen LogP contribution in [-0.2, 0) is 11.2 Å². The Hall–Kier alpha value is -1.97. The van der Waals surface area contributed by atoms with E-state index in [0.29, 0.717) is 5.02 Å². The summed E-state index contributed by atoms with van der Waals surface area (Å²) in [5, 5.41) is 0.577. The number of nitrogens with zero attached hydrogens (tertiary/aromatic N) is 1. The van der Waals surface area contributed by atoms with Crippen molar-refractivity contribution in [2.75, 3.05) is 0 Å². The van der Waals surface area contributed by atoms with Gasteiger partial charge in [-0.2, -0.15) is 0 Å². The lowest BCUT2D eigenvalue weighted by Gasteiger charge is -2.10. The molecule has 2 aromatic rings. The Morgan fingerprint density at radius 3 is 2.60 bits per heavy atom. The van der Waals surface area contributed by atoms with Crippen molar-refractivity contribution >= 4 is 23.1 Å². The zero-order chi connectivity index (χ0) is 14.1. The Labute approximate surface area is 122 Å². The first kappa shape index (κ1) is 13.0. The van der Waals surface area contributed by atoms with Gasteiger partial charge in [0.15, 0.2) is 11.9 Å². The molecule has 1 heterocycles.